The van der Waals surface area contributed by atoms with Gasteiger partial charge in [0.1, 0.15) is 5.82 Å². The quantitative estimate of drug-likeness (QED) is 0.930. The number of carbonyl (C=O) groups is 1. The van der Waals surface area contributed by atoms with Crippen molar-refractivity contribution in [2.45, 2.75) is 32.1 Å². The summed E-state index contributed by atoms with van der Waals surface area (Å²) in [7, 11) is 0. The van der Waals surface area contributed by atoms with Crippen LogP contribution in [0.3, 0.4) is 0 Å². The van der Waals surface area contributed by atoms with Gasteiger partial charge in [-0.25, -0.2) is 4.98 Å². The molecule has 0 unspecified atom stereocenters. The number of likely N-dealkylation sites (tertiary alicyclic amines) is 1. The zero-order valence-corrected chi connectivity index (χ0v) is 14.3. The van der Waals surface area contributed by atoms with E-state index in [4.69, 9.17) is 0 Å². The minimum absolute atomic E-state index is 0.0845. The lowest BCUT2D eigenvalue weighted by atomic mass is 9.96. The van der Waals surface area contributed by atoms with Gasteiger partial charge in [-0.05, 0) is 37.3 Å². The molecule has 0 radical (unpaired) electrons. The van der Waals surface area contributed by atoms with Gasteiger partial charge in [0.15, 0.2) is 0 Å². The highest BCUT2D eigenvalue weighted by Gasteiger charge is 2.42. The van der Waals surface area contributed by atoms with E-state index in [0.717, 1.165) is 31.4 Å². The van der Waals surface area contributed by atoms with E-state index >= 15 is 0 Å². The second kappa shape index (κ2) is 6.43. The summed E-state index contributed by atoms with van der Waals surface area (Å²) in [4.78, 5) is 38.2. The average molecular weight is 338 g/mol. The van der Waals surface area contributed by atoms with Gasteiger partial charge in [0.2, 0.25) is 5.91 Å². The van der Waals surface area contributed by atoms with Crippen molar-refractivity contribution in [3.63, 3.8) is 0 Å². The number of carbonyl (C=O) groups excluding carboxylic acids is 1. The maximum Gasteiger partial charge on any atom is 0.251 e. The van der Waals surface area contributed by atoms with Crippen LogP contribution in [0.1, 0.15) is 37.9 Å². The van der Waals surface area contributed by atoms with Crippen LogP contribution in [0.4, 0.5) is 0 Å². The summed E-state index contributed by atoms with van der Waals surface area (Å²) in [5, 5.41) is 0. The molecule has 0 bridgehead atoms. The normalized spacial score (nSPS) is 25.6. The number of pyridine rings is 1. The third-order valence-electron chi connectivity index (χ3n) is 5.28. The van der Waals surface area contributed by atoms with Crippen LogP contribution in [0.25, 0.3) is 11.3 Å². The van der Waals surface area contributed by atoms with Crippen LogP contribution in [0, 0.1) is 11.8 Å². The maximum atomic E-state index is 12.5. The molecule has 2 aromatic rings. The van der Waals surface area contributed by atoms with E-state index in [9.17, 15) is 9.59 Å². The second-order valence-corrected chi connectivity index (χ2v) is 7.19. The van der Waals surface area contributed by atoms with E-state index < -0.39 is 0 Å². The van der Waals surface area contributed by atoms with Gasteiger partial charge < -0.3 is 9.88 Å². The number of nitrogens with zero attached hydrogens (tertiary/aromatic N) is 3. The first-order valence-corrected chi connectivity index (χ1v) is 8.92. The van der Waals surface area contributed by atoms with E-state index in [2.05, 4.69) is 21.9 Å². The van der Waals surface area contributed by atoms with Gasteiger partial charge >= 0.3 is 0 Å². The van der Waals surface area contributed by atoms with Crippen molar-refractivity contribution in [1.29, 1.82) is 0 Å². The van der Waals surface area contributed by atoms with Crippen LogP contribution >= 0.6 is 0 Å². The van der Waals surface area contributed by atoms with Crippen molar-refractivity contribution in [1.82, 2.24) is 19.9 Å². The Hall–Kier alpha value is -2.50. The average Bonchev–Trinajstić information content (AvgIpc) is 3.38. The summed E-state index contributed by atoms with van der Waals surface area (Å²) in [6.07, 6.45) is 6.27. The Morgan fingerprint density at radius 3 is 2.80 bits per heavy atom. The van der Waals surface area contributed by atoms with Gasteiger partial charge in [0, 0.05) is 48.9 Å². The molecule has 2 aromatic heterocycles. The lowest BCUT2D eigenvalue weighted by molar-refractivity contribution is -0.134. The molecule has 1 aliphatic carbocycles. The van der Waals surface area contributed by atoms with Gasteiger partial charge in [0.05, 0.1) is 5.69 Å². The van der Waals surface area contributed by atoms with Gasteiger partial charge in [-0.2, -0.15) is 0 Å². The minimum Gasteiger partial charge on any atom is -0.342 e. The Bertz CT molecular complexity index is 833. The van der Waals surface area contributed by atoms with E-state index in [1.807, 2.05) is 17.0 Å². The lowest BCUT2D eigenvalue weighted by Gasteiger charge is -2.32. The number of hydrogen-bond donors (Lipinski definition) is 1. The third kappa shape index (κ3) is 3.34. The fourth-order valence-electron chi connectivity index (χ4n) is 3.64. The highest BCUT2D eigenvalue weighted by atomic mass is 16.2. The highest BCUT2D eigenvalue weighted by Crippen LogP contribution is 2.40. The molecule has 130 valence electrons. The fourth-order valence-corrected chi connectivity index (χ4v) is 3.64. The molecule has 3 heterocycles. The SMILES string of the molecule is C[C@@H]1C[C@@H]1C(=O)N1CCC[C@@H](c2nc(-c3ccncc3)cc(=O)[nH]2)C1. The molecule has 3 atom stereocenters. The Morgan fingerprint density at radius 1 is 1.32 bits per heavy atom. The van der Waals surface area contributed by atoms with Crippen molar-refractivity contribution >= 4 is 5.91 Å². The smallest absolute Gasteiger partial charge is 0.251 e. The van der Waals surface area contributed by atoms with Crippen molar-refractivity contribution in [3.05, 3.63) is 46.8 Å². The monoisotopic (exact) mass is 338 g/mol. The van der Waals surface area contributed by atoms with Gasteiger partial charge in [-0.1, -0.05) is 6.92 Å². The number of amides is 1. The summed E-state index contributed by atoms with van der Waals surface area (Å²) in [5.41, 5.74) is 1.37. The predicted octanol–water partition coefficient (Wildman–Crippen LogP) is 2.19. The second-order valence-electron chi connectivity index (χ2n) is 7.19. The topological polar surface area (TPSA) is 79.0 Å². The number of aromatic amines is 1. The molecular weight excluding hydrogens is 316 g/mol. The van der Waals surface area contributed by atoms with Crippen molar-refractivity contribution in [3.8, 4) is 11.3 Å². The molecular formula is C19H22N4O2. The van der Waals surface area contributed by atoms with Crippen LogP contribution in [-0.4, -0.2) is 38.8 Å². The molecule has 2 fully saturated rings. The standard InChI is InChI=1S/C19H22N4O2/c1-12-9-15(12)19(25)23-8-2-3-14(11-23)18-21-16(10-17(24)22-18)13-4-6-20-7-5-13/h4-7,10,12,14-15H,2-3,8-9,11H2,1H3,(H,21,22,24)/t12-,14-,15+/m1/s1. The molecule has 1 saturated carbocycles. The fraction of sp³-hybridized carbons (Fsp3) is 0.474. The number of H-pyrrole nitrogens is 1. The number of nitrogens with one attached hydrogen (secondary N) is 1. The minimum atomic E-state index is -0.156. The van der Waals surface area contributed by atoms with Crippen LogP contribution in [-0.2, 0) is 4.79 Å². The molecule has 0 spiro atoms. The molecule has 6 heteroatoms. The zero-order valence-electron chi connectivity index (χ0n) is 14.3. The number of hydrogen-bond acceptors (Lipinski definition) is 4. The van der Waals surface area contributed by atoms with E-state index in [1.165, 1.54) is 6.07 Å². The molecule has 0 aromatic carbocycles. The molecule has 1 amide bonds. The van der Waals surface area contributed by atoms with Crippen molar-refractivity contribution in [2.75, 3.05) is 13.1 Å². The van der Waals surface area contributed by atoms with Crippen LogP contribution in [0.2, 0.25) is 0 Å². The summed E-state index contributed by atoms with van der Waals surface area (Å²) in [6.45, 7) is 3.58. The van der Waals surface area contributed by atoms with E-state index in [0.29, 0.717) is 24.0 Å². The van der Waals surface area contributed by atoms with Crippen molar-refractivity contribution < 1.29 is 4.79 Å². The lowest BCUT2D eigenvalue weighted by Crippen LogP contribution is -2.41. The number of aromatic nitrogens is 3. The van der Waals surface area contributed by atoms with E-state index in [1.54, 1.807) is 12.4 Å². The summed E-state index contributed by atoms with van der Waals surface area (Å²) >= 11 is 0. The summed E-state index contributed by atoms with van der Waals surface area (Å²) in [5.74, 6) is 1.75. The largest absolute Gasteiger partial charge is 0.342 e. The predicted molar refractivity (Wildman–Crippen MR) is 93.9 cm³/mol. The van der Waals surface area contributed by atoms with Crippen molar-refractivity contribution in [2.24, 2.45) is 11.8 Å². The molecule has 1 aliphatic heterocycles. The van der Waals surface area contributed by atoms with Crippen LogP contribution < -0.4 is 5.56 Å². The Balaban J connectivity index is 1.58. The van der Waals surface area contributed by atoms with Crippen LogP contribution in [0.15, 0.2) is 35.4 Å². The third-order valence-corrected chi connectivity index (χ3v) is 5.28. The Morgan fingerprint density at radius 2 is 2.08 bits per heavy atom. The molecule has 4 rings (SSSR count). The first kappa shape index (κ1) is 16.0. The molecule has 6 nitrogen and oxygen atoms in total. The Labute approximate surface area is 146 Å². The summed E-state index contributed by atoms with van der Waals surface area (Å²) < 4.78 is 0. The van der Waals surface area contributed by atoms with Gasteiger partial charge in [-0.15, -0.1) is 0 Å². The molecule has 1 saturated heterocycles. The zero-order chi connectivity index (χ0) is 17.4. The van der Waals surface area contributed by atoms with Gasteiger partial charge in [-0.3, -0.25) is 14.6 Å². The number of rotatable bonds is 3. The summed E-state index contributed by atoms with van der Waals surface area (Å²) in [6, 6.07) is 5.20. The van der Waals surface area contributed by atoms with Gasteiger partial charge in [0.25, 0.3) is 5.56 Å². The van der Waals surface area contributed by atoms with Crippen LogP contribution in [0.5, 0.6) is 0 Å². The molecule has 25 heavy (non-hydrogen) atoms. The first-order valence-electron chi connectivity index (χ1n) is 8.92. The first-order chi connectivity index (χ1) is 12.1. The highest BCUT2D eigenvalue weighted by molar-refractivity contribution is 5.81. The number of piperidine rings is 1. The van der Waals surface area contributed by atoms with E-state index in [-0.39, 0.29) is 23.3 Å². The Kier molecular flexibility index (Phi) is 4.11. The molecule has 1 N–H and O–H groups in total. The molecule has 2 aliphatic rings. The maximum absolute atomic E-state index is 12.5.